The predicted molar refractivity (Wildman–Crippen MR) is 76.9 cm³/mol. The zero-order chi connectivity index (χ0) is 14.4. The Bertz CT molecular complexity index is 701. The van der Waals surface area contributed by atoms with Crippen LogP contribution in [-0.2, 0) is 17.6 Å². The van der Waals surface area contributed by atoms with E-state index in [1.807, 2.05) is 4.40 Å². The summed E-state index contributed by atoms with van der Waals surface area (Å²) in [6.07, 6.45) is 6.58. The van der Waals surface area contributed by atoms with Crippen LogP contribution in [0.3, 0.4) is 0 Å². The summed E-state index contributed by atoms with van der Waals surface area (Å²) >= 11 is 0. The number of primary amides is 1. The van der Waals surface area contributed by atoms with Crippen LogP contribution < -0.4 is 10.6 Å². The van der Waals surface area contributed by atoms with E-state index in [9.17, 15) is 4.79 Å². The first kappa shape index (κ1) is 12.6. The zero-order valence-electron chi connectivity index (χ0n) is 11.8. The van der Waals surface area contributed by atoms with E-state index in [1.54, 1.807) is 6.33 Å². The third kappa shape index (κ3) is 1.95. The summed E-state index contributed by atoms with van der Waals surface area (Å²) in [4.78, 5) is 18.3. The van der Waals surface area contributed by atoms with Gasteiger partial charge in [-0.1, -0.05) is 0 Å². The van der Waals surface area contributed by atoms with Crippen molar-refractivity contribution in [2.75, 3.05) is 18.0 Å². The normalized spacial score (nSPS) is 19.1. The lowest BCUT2D eigenvalue weighted by Crippen LogP contribution is -2.39. The number of aryl methyl sites for hydroxylation is 1. The summed E-state index contributed by atoms with van der Waals surface area (Å²) in [5, 5.41) is 8.09. The van der Waals surface area contributed by atoms with Crippen LogP contribution in [-0.4, -0.2) is 38.6 Å². The van der Waals surface area contributed by atoms with Crippen molar-refractivity contribution in [1.29, 1.82) is 0 Å². The first-order valence-electron chi connectivity index (χ1n) is 7.50. The highest BCUT2D eigenvalue weighted by atomic mass is 16.1. The molecule has 21 heavy (non-hydrogen) atoms. The van der Waals surface area contributed by atoms with Crippen molar-refractivity contribution in [2.45, 2.75) is 32.1 Å². The number of nitrogens with two attached hydrogens (primary N) is 1. The van der Waals surface area contributed by atoms with Crippen molar-refractivity contribution < 1.29 is 4.79 Å². The molecular formula is C14H18N6O. The molecule has 1 aliphatic carbocycles. The van der Waals surface area contributed by atoms with E-state index in [1.165, 1.54) is 11.4 Å². The largest absolute Gasteiger partial charge is 0.369 e. The molecule has 7 heteroatoms. The third-order valence-corrected chi connectivity index (χ3v) is 4.65. The van der Waals surface area contributed by atoms with Gasteiger partial charge in [0.25, 0.3) is 5.78 Å². The molecule has 1 fully saturated rings. The minimum absolute atomic E-state index is 0.00698. The van der Waals surface area contributed by atoms with Crippen molar-refractivity contribution in [3.05, 3.63) is 17.6 Å². The second-order valence-corrected chi connectivity index (χ2v) is 5.88. The van der Waals surface area contributed by atoms with E-state index in [4.69, 9.17) is 5.73 Å². The first-order chi connectivity index (χ1) is 10.2. The summed E-state index contributed by atoms with van der Waals surface area (Å²) in [5.41, 5.74) is 7.90. The van der Waals surface area contributed by atoms with E-state index in [0.717, 1.165) is 50.9 Å². The monoisotopic (exact) mass is 286 g/mol. The van der Waals surface area contributed by atoms with Gasteiger partial charge in [0.1, 0.15) is 12.1 Å². The molecule has 1 aliphatic heterocycles. The minimum atomic E-state index is -0.177. The highest BCUT2D eigenvalue weighted by Gasteiger charge is 2.28. The maximum Gasteiger partial charge on any atom is 0.256 e. The number of carbonyl (C=O) groups excluding carboxylic acids is 1. The molecule has 7 nitrogen and oxygen atoms in total. The van der Waals surface area contributed by atoms with Gasteiger partial charge in [0.05, 0.1) is 5.69 Å². The van der Waals surface area contributed by atoms with Gasteiger partial charge in [-0.3, -0.25) is 9.20 Å². The predicted octanol–water partition coefficient (Wildman–Crippen LogP) is 0.315. The summed E-state index contributed by atoms with van der Waals surface area (Å²) < 4.78 is 1.98. The second-order valence-electron chi connectivity index (χ2n) is 5.88. The Morgan fingerprint density at radius 1 is 1.29 bits per heavy atom. The fraction of sp³-hybridized carbons (Fsp3) is 0.571. The number of hydrogen-bond donors (Lipinski definition) is 1. The molecule has 0 saturated carbocycles. The van der Waals surface area contributed by atoms with Crippen LogP contribution in [0.1, 0.15) is 30.5 Å². The number of rotatable bonds is 2. The number of carbonyl (C=O) groups is 1. The Morgan fingerprint density at radius 2 is 2.10 bits per heavy atom. The number of nitrogens with zero attached hydrogens (tertiary/aromatic N) is 5. The SMILES string of the molecule is NC(=O)C1CCN(c2c3c(nc4nncn24)CCC3)CC1. The van der Waals surface area contributed by atoms with Crippen molar-refractivity contribution in [3.8, 4) is 0 Å². The molecule has 4 rings (SSSR count). The van der Waals surface area contributed by atoms with Crippen molar-refractivity contribution in [2.24, 2.45) is 11.7 Å². The van der Waals surface area contributed by atoms with Gasteiger partial charge >= 0.3 is 0 Å². The zero-order valence-corrected chi connectivity index (χ0v) is 11.8. The average Bonchev–Trinajstić information content (AvgIpc) is 3.12. The van der Waals surface area contributed by atoms with Crippen molar-refractivity contribution >= 4 is 17.5 Å². The van der Waals surface area contributed by atoms with E-state index in [0.29, 0.717) is 5.78 Å². The van der Waals surface area contributed by atoms with Gasteiger partial charge in [0.15, 0.2) is 0 Å². The number of piperidine rings is 1. The standard InChI is InChI=1S/C14H18N6O/c15-12(21)9-4-6-19(7-5-9)13-10-2-1-3-11(10)17-14-18-16-8-20(13)14/h8-9H,1-7H2,(H2,15,21). The smallest absolute Gasteiger partial charge is 0.256 e. The number of amides is 1. The topological polar surface area (TPSA) is 89.4 Å². The van der Waals surface area contributed by atoms with Gasteiger partial charge < -0.3 is 10.6 Å². The second kappa shape index (κ2) is 4.68. The summed E-state index contributed by atoms with van der Waals surface area (Å²) in [7, 11) is 0. The fourth-order valence-electron chi connectivity index (χ4n) is 3.53. The molecule has 0 unspecified atom stereocenters. The van der Waals surface area contributed by atoms with Gasteiger partial charge in [0, 0.05) is 24.6 Å². The molecule has 110 valence electrons. The van der Waals surface area contributed by atoms with Gasteiger partial charge in [-0.2, -0.15) is 0 Å². The molecule has 0 atom stereocenters. The summed E-state index contributed by atoms with van der Waals surface area (Å²) in [6.45, 7) is 1.69. The molecule has 2 aromatic heterocycles. The Kier molecular flexibility index (Phi) is 2.80. The molecule has 0 aromatic carbocycles. The highest BCUT2D eigenvalue weighted by Crippen LogP contribution is 2.33. The van der Waals surface area contributed by atoms with E-state index in [-0.39, 0.29) is 11.8 Å². The minimum Gasteiger partial charge on any atom is -0.369 e. The van der Waals surface area contributed by atoms with Crippen molar-refractivity contribution in [3.63, 3.8) is 0 Å². The number of aromatic nitrogens is 4. The average molecular weight is 286 g/mol. The molecule has 2 N–H and O–H groups in total. The van der Waals surface area contributed by atoms with Crippen LogP contribution in [0.2, 0.25) is 0 Å². The molecule has 2 aliphatic rings. The lowest BCUT2D eigenvalue weighted by atomic mass is 9.96. The molecule has 0 radical (unpaired) electrons. The molecule has 0 spiro atoms. The summed E-state index contributed by atoms with van der Waals surface area (Å²) in [6, 6.07) is 0. The maximum atomic E-state index is 11.3. The molecule has 3 heterocycles. The maximum absolute atomic E-state index is 11.3. The lowest BCUT2D eigenvalue weighted by Gasteiger charge is -2.33. The van der Waals surface area contributed by atoms with E-state index < -0.39 is 0 Å². The molecule has 2 aromatic rings. The van der Waals surface area contributed by atoms with Crippen molar-refractivity contribution in [1.82, 2.24) is 19.6 Å². The van der Waals surface area contributed by atoms with Crippen LogP contribution in [0.25, 0.3) is 5.78 Å². The molecule has 1 amide bonds. The van der Waals surface area contributed by atoms with E-state index >= 15 is 0 Å². The quantitative estimate of drug-likeness (QED) is 0.858. The highest BCUT2D eigenvalue weighted by molar-refractivity contribution is 5.77. The number of fused-ring (bicyclic) bond motifs is 2. The Labute approximate surface area is 122 Å². The third-order valence-electron chi connectivity index (χ3n) is 4.65. The molecular weight excluding hydrogens is 268 g/mol. The van der Waals surface area contributed by atoms with Crippen LogP contribution in [0, 0.1) is 5.92 Å². The van der Waals surface area contributed by atoms with Crippen LogP contribution in [0.15, 0.2) is 6.33 Å². The molecule has 0 bridgehead atoms. The number of anilines is 1. The van der Waals surface area contributed by atoms with Crippen LogP contribution >= 0.6 is 0 Å². The van der Waals surface area contributed by atoms with Gasteiger partial charge in [-0.15, -0.1) is 10.2 Å². The summed E-state index contributed by atoms with van der Waals surface area (Å²) in [5.74, 6) is 1.67. The van der Waals surface area contributed by atoms with Gasteiger partial charge in [-0.25, -0.2) is 4.98 Å². The van der Waals surface area contributed by atoms with Gasteiger partial charge in [0.2, 0.25) is 5.91 Å². The fourth-order valence-corrected chi connectivity index (χ4v) is 3.53. The lowest BCUT2D eigenvalue weighted by molar-refractivity contribution is -0.122. The molecule has 1 saturated heterocycles. The van der Waals surface area contributed by atoms with Gasteiger partial charge in [-0.05, 0) is 32.1 Å². The Balaban J connectivity index is 1.73. The number of hydrogen-bond acceptors (Lipinski definition) is 5. The first-order valence-corrected chi connectivity index (χ1v) is 7.50. The van der Waals surface area contributed by atoms with Crippen LogP contribution in [0.4, 0.5) is 5.82 Å². The van der Waals surface area contributed by atoms with E-state index in [2.05, 4.69) is 20.1 Å². The Hall–Kier alpha value is -2.18. The Morgan fingerprint density at radius 3 is 2.86 bits per heavy atom. The van der Waals surface area contributed by atoms with Crippen LogP contribution in [0.5, 0.6) is 0 Å².